The van der Waals surface area contributed by atoms with Crippen molar-refractivity contribution in [1.82, 2.24) is 4.98 Å². The molecule has 0 fully saturated rings. The number of benzene rings is 1. The van der Waals surface area contributed by atoms with Gasteiger partial charge in [0.25, 0.3) is 0 Å². The molecule has 3 nitrogen and oxygen atoms in total. The third-order valence-electron chi connectivity index (χ3n) is 2.22. The minimum absolute atomic E-state index is 0.0837. The first-order valence-electron chi connectivity index (χ1n) is 5.23. The number of aromatic nitrogens is 1. The summed E-state index contributed by atoms with van der Waals surface area (Å²) in [6, 6.07) is 9.41. The maximum Gasteiger partial charge on any atom is 0.141 e. The van der Waals surface area contributed by atoms with E-state index < -0.39 is 0 Å². The number of hydrogen-bond acceptors (Lipinski definition) is 2. The van der Waals surface area contributed by atoms with E-state index in [1.807, 2.05) is 0 Å². The van der Waals surface area contributed by atoms with Gasteiger partial charge in [-0.25, -0.2) is 4.39 Å². The molecular formula is C14H10FN3. The van der Waals surface area contributed by atoms with Crippen LogP contribution in [0.1, 0.15) is 16.8 Å². The van der Waals surface area contributed by atoms with Crippen molar-refractivity contribution in [2.24, 2.45) is 5.73 Å². The fourth-order valence-electron chi connectivity index (χ4n) is 1.34. The van der Waals surface area contributed by atoms with Gasteiger partial charge in [-0.2, -0.15) is 0 Å². The first kappa shape index (κ1) is 11.8. The quantitative estimate of drug-likeness (QED) is 0.453. The number of nitrogens with zero attached hydrogens (tertiary/aromatic N) is 1. The molecule has 0 spiro atoms. The van der Waals surface area contributed by atoms with Gasteiger partial charge in [0.15, 0.2) is 0 Å². The number of nitrogens with two attached hydrogens (primary N) is 1. The summed E-state index contributed by atoms with van der Waals surface area (Å²) in [7, 11) is 0. The van der Waals surface area contributed by atoms with Crippen molar-refractivity contribution in [2.45, 2.75) is 0 Å². The molecule has 0 radical (unpaired) electrons. The molecule has 4 heteroatoms. The van der Waals surface area contributed by atoms with Crippen LogP contribution in [0.25, 0.3) is 0 Å². The lowest BCUT2D eigenvalue weighted by atomic mass is 10.2. The molecular weight excluding hydrogens is 229 g/mol. The lowest BCUT2D eigenvalue weighted by Crippen LogP contribution is -2.12. The highest BCUT2D eigenvalue weighted by atomic mass is 19.1. The summed E-state index contributed by atoms with van der Waals surface area (Å²) < 4.78 is 12.9. The van der Waals surface area contributed by atoms with Crippen LogP contribution >= 0.6 is 0 Å². The Morgan fingerprint density at radius 3 is 2.56 bits per heavy atom. The lowest BCUT2D eigenvalue weighted by molar-refractivity contribution is 0.627. The monoisotopic (exact) mass is 239 g/mol. The van der Waals surface area contributed by atoms with Gasteiger partial charge in [-0.15, -0.1) is 0 Å². The molecule has 0 aliphatic heterocycles. The number of pyridine rings is 1. The van der Waals surface area contributed by atoms with Crippen LogP contribution in [0.2, 0.25) is 0 Å². The minimum atomic E-state index is -0.313. The first-order chi connectivity index (χ1) is 8.65. The Morgan fingerprint density at radius 2 is 1.94 bits per heavy atom. The Bertz CT molecular complexity index is 636. The molecule has 3 N–H and O–H groups in total. The molecule has 88 valence electrons. The Kier molecular flexibility index (Phi) is 3.35. The molecule has 0 saturated heterocycles. The molecule has 1 heterocycles. The number of hydrogen-bond donors (Lipinski definition) is 2. The molecule has 0 saturated carbocycles. The Labute approximate surface area is 104 Å². The van der Waals surface area contributed by atoms with E-state index in [1.165, 1.54) is 18.3 Å². The summed E-state index contributed by atoms with van der Waals surface area (Å²) in [5.41, 5.74) is 6.98. The van der Waals surface area contributed by atoms with Crippen LogP contribution in [-0.2, 0) is 0 Å². The second kappa shape index (κ2) is 5.11. The fourth-order valence-corrected chi connectivity index (χ4v) is 1.34. The van der Waals surface area contributed by atoms with Gasteiger partial charge in [0, 0.05) is 17.3 Å². The predicted octanol–water partition coefficient (Wildman–Crippen LogP) is 1.90. The largest absolute Gasteiger partial charge is 0.382 e. The van der Waals surface area contributed by atoms with Crippen molar-refractivity contribution < 1.29 is 4.39 Å². The summed E-state index contributed by atoms with van der Waals surface area (Å²) in [4.78, 5) is 3.98. The molecule has 2 aromatic rings. The lowest BCUT2D eigenvalue weighted by Gasteiger charge is -1.96. The number of rotatable bonds is 1. The van der Waals surface area contributed by atoms with Gasteiger partial charge in [0.05, 0.1) is 0 Å². The maximum absolute atomic E-state index is 12.9. The Balaban J connectivity index is 2.22. The minimum Gasteiger partial charge on any atom is -0.382 e. The zero-order valence-electron chi connectivity index (χ0n) is 9.44. The highest BCUT2D eigenvalue weighted by Crippen LogP contribution is 2.03. The molecule has 1 aromatic heterocycles. The zero-order valence-corrected chi connectivity index (χ0v) is 9.44. The maximum atomic E-state index is 12.9. The third-order valence-corrected chi connectivity index (χ3v) is 2.22. The number of amidine groups is 1. The van der Waals surface area contributed by atoms with Crippen molar-refractivity contribution >= 4 is 5.84 Å². The molecule has 0 aliphatic rings. The molecule has 0 atom stereocenters. The van der Waals surface area contributed by atoms with E-state index in [1.54, 1.807) is 24.3 Å². The van der Waals surface area contributed by atoms with Crippen molar-refractivity contribution in [1.29, 1.82) is 5.41 Å². The highest BCUT2D eigenvalue weighted by molar-refractivity contribution is 5.92. The van der Waals surface area contributed by atoms with Crippen LogP contribution in [0.5, 0.6) is 0 Å². The summed E-state index contributed by atoms with van der Waals surface area (Å²) in [6.45, 7) is 0. The zero-order chi connectivity index (χ0) is 13.0. The average molecular weight is 239 g/mol. The molecule has 0 bridgehead atoms. The molecule has 0 aliphatic carbocycles. The van der Waals surface area contributed by atoms with Crippen LogP contribution < -0.4 is 5.73 Å². The second-order valence-corrected chi connectivity index (χ2v) is 3.61. The van der Waals surface area contributed by atoms with Gasteiger partial charge in [-0.05, 0) is 30.3 Å². The van der Waals surface area contributed by atoms with Crippen molar-refractivity contribution in [3.63, 3.8) is 0 Å². The van der Waals surface area contributed by atoms with E-state index >= 15 is 0 Å². The topological polar surface area (TPSA) is 62.8 Å². The predicted molar refractivity (Wildman–Crippen MR) is 67.6 cm³/mol. The first-order valence-corrected chi connectivity index (χ1v) is 5.23. The third kappa shape index (κ3) is 2.92. The van der Waals surface area contributed by atoms with Crippen molar-refractivity contribution in [2.75, 3.05) is 0 Å². The summed E-state index contributed by atoms with van der Waals surface area (Å²) in [6.07, 6.45) is 1.53. The average Bonchev–Trinajstić information content (AvgIpc) is 2.37. The van der Waals surface area contributed by atoms with Gasteiger partial charge >= 0.3 is 0 Å². The molecule has 0 unspecified atom stereocenters. The standard InChI is InChI=1S/C14H10FN3/c15-12-3-1-2-10(8-12)4-5-11-6-7-13(14(16)17)18-9-11/h1-3,6-9H,(H3,16,17). The molecule has 18 heavy (non-hydrogen) atoms. The number of nitrogen functional groups attached to an aromatic ring is 1. The normalized spacial score (nSPS) is 9.39. The Morgan fingerprint density at radius 1 is 1.17 bits per heavy atom. The van der Waals surface area contributed by atoms with Crippen LogP contribution in [0.4, 0.5) is 4.39 Å². The fraction of sp³-hybridized carbons (Fsp3) is 0. The summed E-state index contributed by atoms with van der Waals surface area (Å²) in [5.74, 6) is 5.30. The van der Waals surface area contributed by atoms with Crippen LogP contribution in [0.15, 0.2) is 42.6 Å². The van der Waals surface area contributed by atoms with Gasteiger partial charge in [-0.1, -0.05) is 17.9 Å². The summed E-state index contributed by atoms with van der Waals surface area (Å²) >= 11 is 0. The van der Waals surface area contributed by atoms with Crippen LogP contribution in [-0.4, -0.2) is 10.8 Å². The molecule has 2 rings (SSSR count). The molecule has 1 aromatic carbocycles. The smallest absolute Gasteiger partial charge is 0.141 e. The van der Waals surface area contributed by atoms with Gasteiger partial charge in [-0.3, -0.25) is 10.4 Å². The van der Waals surface area contributed by atoms with E-state index in [9.17, 15) is 4.39 Å². The number of nitrogens with one attached hydrogen (secondary N) is 1. The Hall–Kier alpha value is -2.67. The van der Waals surface area contributed by atoms with Crippen molar-refractivity contribution in [3.05, 3.63) is 65.2 Å². The van der Waals surface area contributed by atoms with E-state index in [4.69, 9.17) is 11.1 Å². The van der Waals surface area contributed by atoms with Gasteiger partial charge in [0.1, 0.15) is 17.3 Å². The van der Waals surface area contributed by atoms with Crippen LogP contribution in [0, 0.1) is 23.1 Å². The number of halogens is 1. The van der Waals surface area contributed by atoms with E-state index in [0.717, 1.165) is 0 Å². The van der Waals surface area contributed by atoms with Crippen LogP contribution in [0.3, 0.4) is 0 Å². The van der Waals surface area contributed by atoms with Gasteiger partial charge in [0.2, 0.25) is 0 Å². The SMILES string of the molecule is N=C(N)c1ccc(C#Cc2cccc(F)c2)cn1. The highest BCUT2D eigenvalue weighted by Gasteiger charge is 1.96. The summed E-state index contributed by atoms with van der Waals surface area (Å²) in [5, 5.41) is 7.20. The van der Waals surface area contributed by atoms with Gasteiger partial charge < -0.3 is 5.73 Å². The second-order valence-electron chi connectivity index (χ2n) is 3.61. The van der Waals surface area contributed by atoms with E-state index in [0.29, 0.717) is 16.8 Å². The van der Waals surface area contributed by atoms with Crippen molar-refractivity contribution in [3.8, 4) is 11.8 Å². The van der Waals surface area contributed by atoms with E-state index in [2.05, 4.69) is 16.8 Å². The van der Waals surface area contributed by atoms with E-state index in [-0.39, 0.29) is 11.7 Å². The molecule has 0 amide bonds.